The first kappa shape index (κ1) is 13.2. The molecule has 1 aromatic heterocycles. The smallest absolute Gasteiger partial charge is 0.337 e. The largest absolute Gasteiger partial charge is 0.465 e. The molecule has 0 bridgehead atoms. The average molecular weight is 281 g/mol. The number of H-pyrrole nitrogens is 1. The summed E-state index contributed by atoms with van der Waals surface area (Å²) < 4.78 is 4.67. The van der Waals surface area contributed by atoms with E-state index in [0.29, 0.717) is 12.1 Å². The quantitative estimate of drug-likeness (QED) is 0.721. The van der Waals surface area contributed by atoms with Crippen molar-refractivity contribution in [2.24, 2.45) is 0 Å². The second kappa shape index (κ2) is 5.66. The number of nitrogens with one attached hydrogen (secondary N) is 2. The van der Waals surface area contributed by atoms with E-state index in [1.165, 1.54) is 7.11 Å². The summed E-state index contributed by atoms with van der Waals surface area (Å²) >= 11 is 0. The van der Waals surface area contributed by atoms with Crippen LogP contribution in [0.25, 0.3) is 11.0 Å². The number of anilines is 1. The number of rotatable bonds is 4. The molecule has 0 fully saturated rings. The maximum absolute atomic E-state index is 11.4. The van der Waals surface area contributed by atoms with Crippen LogP contribution < -0.4 is 5.32 Å². The number of carbonyl (C=O) groups is 1. The summed E-state index contributed by atoms with van der Waals surface area (Å²) in [4.78, 5) is 18.6. The molecule has 0 radical (unpaired) electrons. The maximum Gasteiger partial charge on any atom is 0.337 e. The van der Waals surface area contributed by atoms with Crippen molar-refractivity contribution in [3.63, 3.8) is 0 Å². The number of imidazole rings is 1. The van der Waals surface area contributed by atoms with Crippen LogP contribution in [0.1, 0.15) is 15.9 Å². The van der Waals surface area contributed by atoms with E-state index in [4.69, 9.17) is 0 Å². The van der Waals surface area contributed by atoms with Gasteiger partial charge in [-0.1, -0.05) is 12.1 Å². The molecule has 106 valence electrons. The molecule has 1 heterocycles. The van der Waals surface area contributed by atoms with Gasteiger partial charge < -0.3 is 15.0 Å². The summed E-state index contributed by atoms with van der Waals surface area (Å²) in [6.45, 7) is 0.682. The third kappa shape index (κ3) is 2.86. The summed E-state index contributed by atoms with van der Waals surface area (Å²) in [7, 11) is 1.38. The average Bonchev–Trinajstić information content (AvgIpc) is 3.00. The first-order valence-electron chi connectivity index (χ1n) is 6.60. The lowest BCUT2D eigenvalue weighted by molar-refractivity contribution is 0.0600. The second-order valence-electron chi connectivity index (χ2n) is 4.68. The molecule has 0 aliphatic heterocycles. The standard InChI is InChI=1S/C16H15N3O2/c1-21-16(20)12-4-2-11(3-5-12)9-17-13-6-7-14-15(8-13)19-10-18-14/h2-8,10,17H,9H2,1H3,(H,18,19). The highest BCUT2D eigenvalue weighted by Gasteiger charge is 2.04. The molecule has 0 aliphatic rings. The van der Waals surface area contributed by atoms with Crippen LogP contribution in [0.2, 0.25) is 0 Å². The zero-order valence-electron chi connectivity index (χ0n) is 11.6. The van der Waals surface area contributed by atoms with E-state index in [1.54, 1.807) is 18.5 Å². The van der Waals surface area contributed by atoms with Gasteiger partial charge in [-0.3, -0.25) is 0 Å². The fourth-order valence-corrected chi connectivity index (χ4v) is 2.13. The molecule has 2 N–H and O–H groups in total. The van der Waals surface area contributed by atoms with Gasteiger partial charge in [0.25, 0.3) is 0 Å². The third-order valence-electron chi connectivity index (χ3n) is 3.29. The zero-order valence-corrected chi connectivity index (χ0v) is 11.6. The van der Waals surface area contributed by atoms with Crippen LogP contribution in [-0.4, -0.2) is 23.0 Å². The molecule has 0 unspecified atom stereocenters. The molecule has 5 heteroatoms. The van der Waals surface area contributed by atoms with Crippen molar-refractivity contribution in [2.75, 3.05) is 12.4 Å². The monoisotopic (exact) mass is 281 g/mol. The van der Waals surface area contributed by atoms with Crippen LogP contribution in [0, 0.1) is 0 Å². The Morgan fingerprint density at radius 2 is 2.05 bits per heavy atom. The number of fused-ring (bicyclic) bond motifs is 1. The van der Waals surface area contributed by atoms with Crippen molar-refractivity contribution in [1.29, 1.82) is 0 Å². The van der Waals surface area contributed by atoms with Gasteiger partial charge in [-0.25, -0.2) is 9.78 Å². The predicted molar refractivity (Wildman–Crippen MR) is 81.2 cm³/mol. The van der Waals surface area contributed by atoms with E-state index in [0.717, 1.165) is 22.3 Å². The Hall–Kier alpha value is -2.82. The number of hydrogen-bond acceptors (Lipinski definition) is 4. The molecule has 21 heavy (non-hydrogen) atoms. The van der Waals surface area contributed by atoms with Crippen molar-refractivity contribution < 1.29 is 9.53 Å². The highest BCUT2D eigenvalue weighted by Crippen LogP contribution is 2.16. The highest BCUT2D eigenvalue weighted by atomic mass is 16.5. The topological polar surface area (TPSA) is 67.0 Å². The van der Waals surface area contributed by atoms with E-state index >= 15 is 0 Å². The Kier molecular flexibility index (Phi) is 3.55. The molecule has 0 spiro atoms. The Morgan fingerprint density at radius 1 is 1.24 bits per heavy atom. The van der Waals surface area contributed by atoms with Crippen molar-refractivity contribution in [2.45, 2.75) is 6.54 Å². The predicted octanol–water partition coefficient (Wildman–Crippen LogP) is 2.96. The maximum atomic E-state index is 11.4. The van der Waals surface area contributed by atoms with Gasteiger partial charge in [-0.15, -0.1) is 0 Å². The molecule has 0 saturated heterocycles. The van der Waals surface area contributed by atoms with Crippen molar-refractivity contribution >= 4 is 22.7 Å². The lowest BCUT2D eigenvalue weighted by Gasteiger charge is -2.07. The second-order valence-corrected chi connectivity index (χ2v) is 4.68. The first-order valence-corrected chi connectivity index (χ1v) is 6.60. The first-order chi connectivity index (χ1) is 10.3. The fraction of sp³-hybridized carbons (Fsp3) is 0.125. The minimum atomic E-state index is -0.320. The van der Waals surface area contributed by atoms with E-state index in [-0.39, 0.29) is 5.97 Å². The molecule has 5 nitrogen and oxygen atoms in total. The molecule has 0 atom stereocenters. The molecule has 0 amide bonds. The Bertz CT molecular complexity index is 763. The molecule has 0 aliphatic carbocycles. The number of benzene rings is 2. The SMILES string of the molecule is COC(=O)c1ccc(CNc2ccc3nc[nH]c3c2)cc1. The van der Waals surface area contributed by atoms with Crippen molar-refractivity contribution in [1.82, 2.24) is 9.97 Å². The summed E-state index contributed by atoms with van der Waals surface area (Å²) in [5, 5.41) is 3.34. The summed E-state index contributed by atoms with van der Waals surface area (Å²) in [5.41, 5.74) is 4.61. The van der Waals surface area contributed by atoms with Crippen molar-refractivity contribution in [3.8, 4) is 0 Å². The highest BCUT2D eigenvalue weighted by molar-refractivity contribution is 5.89. The van der Waals surface area contributed by atoms with Gasteiger partial charge in [-0.2, -0.15) is 0 Å². The van der Waals surface area contributed by atoms with Crippen LogP contribution in [0.4, 0.5) is 5.69 Å². The van der Waals surface area contributed by atoms with Gasteiger partial charge in [0.2, 0.25) is 0 Å². The lowest BCUT2D eigenvalue weighted by atomic mass is 10.1. The van der Waals surface area contributed by atoms with Gasteiger partial charge in [-0.05, 0) is 35.9 Å². The molecular formula is C16H15N3O2. The third-order valence-corrected chi connectivity index (χ3v) is 3.29. The van der Waals surface area contributed by atoms with Gasteiger partial charge >= 0.3 is 5.97 Å². The Balaban J connectivity index is 1.67. The van der Waals surface area contributed by atoms with E-state index in [9.17, 15) is 4.79 Å². The lowest BCUT2D eigenvalue weighted by Crippen LogP contribution is -2.03. The number of hydrogen-bond donors (Lipinski definition) is 2. The van der Waals surface area contributed by atoms with Crippen LogP contribution in [-0.2, 0) is 11.3 Å². The Morgan fingerprint density at radius 3 is 2.81 bits per heavy atom. The van der Waals surface area contributed by atoms with Gasteiger partial charge in [0.1, 0.15) is 0 Å². The van der Waals surface area contributed by atoms with Gasteiger partial charge in [0.05, 0.1) is 30.0 Å². The Labute approximate surface area is 122 Å². The molecular weight excluding hydrogens is 266 g/mol. The number of nitrogens with zero attached hydrogens (tertiary/aromatic N) is 1. The van der Waals surface area contributed by atoms with Crippen LogP contribution >= 0.6 is 0 Å². The van der Waals surface area contributed by atoms with Crippen LogP contribution in [0.3, 0.4) is 0 Å². The number of ether oxygens (including phenoxy) is 1. The van der Waals surface area contributed by atoms with Crippen LogP contribution in [0.5, 0.6) is 0 Å². The van der Waals surface area contributed by atoms with Gasteiger partial charge in [0.15, 0.2) is 0 Å². The van der Waals surface area contributed by atoms with E-state index in [1.807, 2.05) is 30.3 Å². The van der Waals surface area contributed by atoms with Crippen molar-refractivity contribution in [3.05, 3.63) is 59.9 Å². The van der Waals surface area contributed by atoms with Crippen LogP contribution in [0.15, 0.2) is 48.8 Å². The van der Waals surface area contributed by atoms with Gasteiger partial charge in [0, 0.05) is 12.2 Å². The summed E-state index contributed by atoms with van der Waals surface area (Å²) in [5.74, 6) is -0.320. The minimum absolute atomic E-state index is 0.320. The molecule has 3 rings (SSSR count). The summed E-state index contributed by atoms with van der Waals surface area (Å²) in [6.07, 6.45) is 1.68. The van der Waals surface area contributed by atoms with E-state index < -0.39 is 0 Å². The number of methoxy groups -OCH3 is 1. The number of carbonyl (C=O) groups excluding carboxylic acids is 1. The molecule has 3 aromatic rings. The molecule has 2 aromatic carbocycles. The number of esters is 1. The molecule has 0 saturated carbocycles. The number of aromatic amines is 1. The number of aromatic nitrogens is 2. The fourth-order valence-electron chi connectivity index (χ4n) is 2.13. The zero-order chi connectivity index (χ0) is 14.7. The normalized spacial score (nSPS) is 10.5. The van der Waals surface area contributed by atoms with E-state index in [2.05, 4.69) is 20.0 Å². The summed E-state index contributed by atoms with van der Waals surface area (Å²) in [6, 6.07) is 13.3. The minimum Gasteiger partial charge on any atom is -0.465 e.